The summed E-state index contributed by atoms with van der Waals surface area (Å²) in [6.07, 6.45) is 7.27. The number of ether oxygens (including phenoxy) is 2. The van der Waals surface area contributed by atoms with Crippen LogP contribution >= 0.6 is 0 Å². The molecule has 38 heavy (non-hydrogen) atoms. The second-order valence-corrected chi connectivity index (χ2v) is 11.1. The van der Waals surface area contributed by atoms with E-state index in [2.05, 4.69) is 10.3 Å². The van der Waals surface area contributed by atoms with Crippen molar-refractivity contribution in [2.45, 2.75) is 24.8 Å². The van der Waals surface area contributed by atoms with E-state index in [9.17, 15) is 9.35 Å². The summed E-state index contributed by atoms with van der Waals surface area (Å²) < 4.78 is 54.0. The fourth-order valence-corrected chi connectivity index (χ4v) is 5.96. The number of benzene rings is 1. The van der Waals surface area contributed by atoms with E-state index in [1.54, 1.807) is 24.7 Å². The first kappa shape index (κ1) is 26.4. The summed E-state index contributed by atoms with van der Waals surface area (Å²) in [5.41, 5.74) is 1.13. The van der Waals surface area contributed by atoms with E-state index >= 15 is 8.78 Å². The second-order valence-electron chi connectivity index (χ2n) is 9.75. The number of fused-ring (bicyclic) bond motifs is 2. The molecule has 1 saturated carbocycles. The van der Waals surface area contributed by atoms with Crippen molar-refractivity contribution in [3.8, 4) is 11.5 Å². The Bertz CT molecular complexity index is 1280. The van der Waals surface area contributed by atoms with Crippen molar-refractivity contribution in [2.24, 2.45) is 5.92 Å². The van der Waals surface area contributed by atoms with Crippen LogP contribution in [0.2, 0.25) is 0 Å². The van der Waals surface area contributed by atoms with Crippen LogP contribution in [-0.4, -0.2) is 66.1 Å². The predicted molar refractivity (Wildman–Crippen MR) is 140 cm³/mol. The molecule has 0 radical (unpaired) electrons. The lowest BCUT2D eigenvalue weighted by atomic mass is 9.86. The van der Waals surface area contributed by atoms with E-state index in [0.29, 0.717) is 42.1 Å². The maximum atomic E-state index is 15.3. The molecule has 5 rings (SSSR count). The first-order valence-electron chi connectivity index (χ1n) is 12.2. The monoisotopic (exact) mass is 545 g/mol. The minimum atomic E-state index is -0.970. The molecule has 2 N–H and O–H groups in total. The van der Waals surface area contributed by atoms with Crippen LogP contribution in [0, 0.1) is 23.0 Å². The average molecular weight is 546 g/mol. The molecule has 2 fully saturated rings. The topological polar surface area (TPSA) is 114 Å². The highest BCUT2D eigenvalue weighted by Gasteiger charge is 2.57. The van der Waals surface area contributed by atoms with E-state index in [1.807, 2.05) is 4.31 Å². The van der Waals surface area contributed by atoms with Crippen LogP contribution in [-0.2, 0) is 28.1 Å². The standard InChI is InChI=1S/C26H29F2N5O4S/c1-36-20-7-21(37-2)23(28)24(22(20)27)33-14-17-11-31-19(6-18(17)26(4-5-26)25(33)34)16(8-29)10-30-9-15-12-32(13-15)38(3)35/h6-8,10-11,15,29-30H,4-5,9,12-14H2,1-3H3/b16-10+,29-8?. The first-order chi connectivity index (χ1) is 18.2. The molecule has 1 spiro atoms. The summed E-state index contributed by atoms with van der Waals surface area (Å²) in [6, 6.07) is 2.92. The van der Waals surface area contributed by atoms with Crippen molar-refractivity contribution in [1.29, 1.82) is 5.41 Å². The molecule has 2 aliphatic heterocycles. The zero-order chi connectivity index (χ0) is 27.2. The largest absolute Gasteiger partial charge is 0.598 e. The average Bonchev–Trinajstić information content (AvgIpc) is 3.68. The summed E-state index contributed by atoms with van der Waals surface area (Å²) in [6.45, 7) is 2.12. The first-order valence-corrected chi connectivity index (χ1v) is 13.7. The van der Waals surface area contributed by atoms with Gasteiger partial charge in [0.15, 0.2) is 23.1 Å². The molecule has 1 saturated heterocycles. The molecule has 12 heteroatoms. The molecule has 1 atom stereocenters. The lowest BCUT2D eigenvalue weighted by Gasteiger charge is -2.36. The fraction of sp³-hybridized carbons (Fsp3) is 0.423. The molecule has 1 aromatic carbocycles. The lowest BCUT2D eigenvalue weighted by Crippen LogP contribution is -2.52. The van der Waals surface area contributed by atoms with Gasteiger partial charge in [-0.05, 0) is 30.0 Å². The molecule has 1 aromatic heterocycles. The SMILES string of the molecule is COc1cc(OC)c(F)c(N2Cc3cnc(/C(C=N)=C/NCC4CN([S+](C)[O-])C4)cc3C3(CC3)C2=O)c1F. The number of hydrogen-bond donors (Lipinski definition) is 2. The van der Waals surface area contributed by atoms with Gasteiger partial charge >= 0.3 is 0 Å². The van der Waals surface area contributed by atoms with Crippen molar-refractivity contribution in [2.75, 3.05) is 45.0 Å². The normalized spacial score (nSPS) is 19.6. The van der Waals surface area contributed by atoms with Gasteiger partial charge in [-0.25, -0.2) is 8.78 Å². The molecule has 202 valence electrons. The Labute approximate surface area is 222 Å². The van der Waals surface area contributed by atoms with Crippen molar-refractivity contribution >= 4 is 34.7 Å². The molecule has 2 aromatic rings. The van der Waals surface area contributed by atoms with Crippen molar-refractivity contribution in [1.82, 2.24) is 14.6 Å². The molecular formula is C26H29F2N5O4S. The van der Waals surface area contributed by atoms with Crippen LogP contribution < -0.4 is 19.7 Å². The fourth-order valence-electron chi connectivity index (χ4n) is 5.11. The van der Waals surface area contributed by atoms with Crippen LogP contribution in [0.5, 0.6) is 11.5 Å². The van der Waals surface area contributed by atoms with Gasteiger partial charge in [-0.2, -0.15) is 0 Å². The van der Waals surface area contributed by atoms with E-state index in [1.165, 1.54) is 20.4 Å². The van der Waals surface area contributed by atoms with E-state index in [4.69, 9.17) is 14.9 Å². The van der Waals surface area contributed by atoms with Crippen LogP contribution in [0.25, 0.3) is 5.57 Å². The van der Waals surface area contributed by atoms with Gasteiger partial charge < -0.3 is 29.7 Å². The number of nitrogens with one attached hydrogen (secondary N) is 2. The van der Waals surface area contributed by atoms with Crippen LogP contribution in [0.1, 0.15) is 29.7 Å². The smallest absolute Gasteiger partial charge is 0.238 e. The number of amides is 1. The third kappa shape index (κ3) is 4.40. The Morgan fingerprint density at radius 3 is 2.47 bits per heavy atom. The van der Waals surface area contributed by atoms with Gasteiger partial charge in [0.2, 0.25) is 5.91 Å². The minimum absolute atomic E-state index is 0.0633. The highest BCUT2D eigenvalue weighted by atomic mass is 32.2. The molecule has 0 bridgehead atoms. The molecular weight excluding hydrogens is 516 g/mol. The van der Waals surface area contributed by atoms with Gasteiger partial charge in [0, 0.05) is 54.1 Å². The van der Waals surface area contributed by atoms with E-state index in [0.717, 1.165) is 29.6 Å². The summed E-state index contributed by atoms with van der Waals surface area (Å²) in [7, 11) is 2.52. The second kappa shape index (κ2) is 10.2. The molecule has 3 heterocycles. The zero-order valence-electron chi connectivity index (χ0n) is 21.3. The van der Waals surface area contributed by atoms with Crippen molar-refractivity contribution in [3.63, 3.8) is 0 Å². The number of aromatic nitrogens is 1. The maximum absolute atomic E-state index is 15.3. The third-order valence-corrected chi connectivity index (χ3v) is 8.48. The quantitative estimate of drug-likeness (QED) is 0.368. The van der Waals surface area contributed by atoms with E-state index in [-0.39, 0.29) is 18.0 Å². The Kier molecular flexibility index (Phi) is 7.05. The number of hydrogen-bond acceptors (Lipinski definition) is 8. The summed E-state index contributed by atoms with van der Waals surface area (Å²) in [4.78, 5) is 19.3. The predicted octanol–water partition coefficient (Wildman–Crippen LogP) is 2.76. The van der Waals surface area contributed by atoms with Gasteiger partial charge in [0.1, 0.15) is 11.9 Å². The van der Waals surface area contributed by atoms with Gasteiger partial charge in [0.05, 0.1) is 45.0 Å². The van der Waals surface area contributed by atoms with Crippen molar-refractivity contribution < 1.29 is 27.6 Å². The van der Waals surface area contributed by atoms with E-state index < -0.39 is 40.0 Å². The Morgan fingerprint density at radius 1 is 1.26 bits per heavy atom. The number of nitrogens with zero attached hydrogens (tertiary/aromatic N) is 3. The number of anilines is 1. The summed E-state index contributed by atoms with van der Waals surface area (Å²) >= 11 is -0.958. The number of rotatable bonds is 9. The summed E-state index contributed by atoms with van der Waals surface area (Å²) in [5, 5.41) is 11.1. The Morgan fingerprint density at radius 2 is 1.92 bits per heavy atom. The van der Waals surface area contributed by atoms with Crippen LogP contribution in [0.4, 0.5) is 14.5 Å². The molecule has 1 aliphatic carbocycles. The highest BCUT2D eigenvalue weighted by Crippen LogP contribution is 2.55. The maximum Gasteiger partial charge on any atom is 0.238 e. The number of allylic oxidation sites excluding steroid dienone is 1. The number of carbonyl (C=O) groups is 1. The van der Waals surface area contributed by atoms with Gasteiger partial charge in [-0.15, -0.1) is 4.31 Å². The zero-order valence-corrected chi connectivity index (χ0v) is 22.2. The summed E-state index contributed by atoms with van der Waals surface area (Å²) in [5.74, 6) is -2.41. The highest BCUT2D eigenvalue weighted by molar-refractivity contribution is 7.88. The molecule has 1 unspecified atom stereocenters. The third-order valence-electron chi connectivity index (χ3n) is 7.46. The number of pyridine rings is 1. The molecule has 3 aliphatic rings. The lowest BCUT2D eigenvalue weighted by molar-refractivity contribution is -0.121. The van der Waals surface area contributed by atoms with Gasteiger partial charge in [-0.3, -0.25) is 9.78 Å². The Hall–Kier alpha value is -3.22. The Balaban J connectivity index is 1.42. The number of methoxy groups -OCH3 is 2. The van der Waals surface area contributed by atoms with Crippen LogP contribution in [0.3, 0.4) is 0 Å². The number of carbonyl (C=O) groups excluding carboxylic acids is 1. The molecule has 9 nitrogen and oxygen atoms in total. The van der Waals surface area contributed by atoms with Crippen LogP contribution in [0.15, 0.2) is 24.5 Å². The van der Waals surface area contributed by atoms with Gasteiger partial charge in [0.25, 0.3) is 0 Å². The van der Waals surface area contributed by atoms with Crippen molar-refractivity contribution in [3.05, 3.63) is 53.0 Å². The number of halogens is 2. The minimum Gasteiger partial charge on any atom is -0.598 e. The molecule has 1 amide bonds. The van der Waals surface area contributed by atoms with Gasteiger partial charge in [-0.1, -0.05) is 0 Å².